The van der Waals surface area contributed by atoms with Gasteiger partial charge in [0.05, 0.1) is 5.60 Å². The van der Waals surface area contributed by atoms with Gasteiger partial charge in [-0.15, -0.1) is 0 Å². The summed E-state index contributed by atoms with van der Waals surface area (Å²) in [7, 11) is 1.79. The van der Waals surface area contributed by atoms with Gasteiger partial charge >= 0.3 is 11.9 Å². The molecule has 1 aromatic carbocycles. The zero-order chi connectivity index (χ0) is 29.9. The number of esters is 1. The maximum absolute atomic E-state index is 12.9. The molecule has 8 heteroatoms. The maximum Gasteiger partial charge on any atom is 0.311 e. The quantitative estimate of drug-likeness (QED) is 0.315. The summed E-state index contributed by atoms with van der Waals surface area (Å²) in [6, 6.07) is 4.38. The van der Waals surface area contributed by atoms with E-state index in [1.54, 1.807) is 7.11 Å². The van der Waals surface area contributed by atoms with Gasteiger partial charge in [0.2, 0.25) is 0 Å². The molecular weight excluding hydrogens is 534 g/mol. The number of aliphatic hydroxyl groups is 1. The Morgan fingerprint density at radius 2 is 1.88 bits per heavy atom. The molecule has 5 fully saturated rings. The van der Waals surface area contributed by atoms with Crippen LogP contribution in [0.2, 0.25) is 0 Å². The number of fused-ring (bicyclic) bond motifs is 2. The molecule has 0 aromatic heterocycles. The van der Waals surface area contributed by atoms with Gasteiger partial charge in [-0.25, -0.2) is 0 Å². The van der Waals surface area contributed by atoms with Gasteiger partial charge in [0.1, 0.15) is 11.7 Å². The number of piperidine rings is 1. The van der Waals surface area contributed by atoms with Crippen molar-refractivity contribution in [3.63, 3.8) is 0 Å². The lowest BCUT2D eigenvalue weighted by Crippen LogP contribution is -2.83. The van der Waals surface area contributed by atoms with Crippen molar-refractivity contribution >= 4 is 11.9 Å². The van der Waals surface area contributed by atoms with E-state index in [2.05, 4.69) is 31.7 Å². The van der Waals surface area contributed by atoms with Crippen LogP contribution >= 0.6 is 0 Å². The zero-order valence-corrected chi connectivity index (χ0v) is 25.8. The monoisotopic (exact) mass is 581 g/mol. The molecule has 4 saturated carbocycles. The van der Waals surface area contributed by atoms with Crippen LogP contribution < -0.4 is 9.47 Å². The second-order valence-electron chi connectivity index (χ2n) is 15.5. The molecule has 7 aliphatic rings. The second kappa shape index (κ2) is 9.18. The van der Waals surface area contributed by atoms with E-state index in [-0.39, 0.29) is 47.5 Å². The van der Waals surface area contributed by atoms with Crippen LogP contribution in [0.25, 0.3) is 0 Å². The molecule has 1 aromatic rings. The van der Waals surface area contributed by atoms with Crippen LogP contribution in [-0.2, 0) is 26.2 Å². The lowest BCUT2D eigenvalue weighted by Gasteiger charge is -2.75. The number of carboxylic acid groups (broad SMARTS) is 1. The number of ether oxygens (including phenoxy) is 3. The Morgan fingerprint density at radius 1 is 1.12 bits per heavy atom. The minimum Gasteiger partial charge on any atom is -0.482 e. The van der Waals surface area contributed by atoms with Crippen molar-refractivity contribution in [1.29, 1.82) is 0 Å². The summed E-state index contributed by atoms with van der Waals surface area (Å²) in [6.07, 6.45) is 7.20. The molecule has 8 rings (SSSR count). The summed E-state index contributed by atoms with van der Waals surface area (Å²) >= 11 is 0. The Labute approximate surface area is 249 Å². The first-order chi connectivity index (χ1) is 19.8. The number of carbonyl (C=O) groups excluding carboxylic acids is 1. The number of hydrogen-bond acceptors (Lipinski definition) is 7. The van der Waals surface area contributed by atoms with Crippen LogP contribution in [0.4, 0.5) is 0 Å². The normalized spacial score (nSPS) is 37.5. The first kappa shape index (κ1) is 28.6. The Balaban J connectivity index is 1.36. The van der Waals surface area contributed by atoms with Crippen LogP contribution in [0, 0.1) is 22.7 Å². The van der Waals surface area contributed by atoms with Gasteiger partial charge in [-0.3, -0.25) is 14.5 Å². The third kappa shape index (κ3) is 3.64. The van der Waals surface area contributed by atoms with Crippen molar-refractivity contribution in [3.8, 4) is 11.5 Å². The number of methoxy groups -OCH3 is 1. The lowest BCUT2D eigenvalue weighted by atomic mass is 9.33. The number of likely N-dealkylation sites (tertiary alicyclic amines) is 1. The molecule has 5 aliphatic carbocycles. The highest BCUT2D eigenvalue weighted by atomic mass is 16.6. The standard InChI is InChI=1S/C34H47NO7/c1-30(2,3)31(4,39)23-18-32-13-14-34(23,40-5)29-33(32)15-16-35(19-20-9-10-20)24(32)17-21-11-12-22(28(42-29)27(21)33)41-26(38)8-6-7-25(36)37/h11-12,20,23-24,29,39H,6-10,13-19H2,1-5H3,(H,36,37)/t23-,24-,29?,31+,32-,33+,34?/m1/s1. The second-order valence-corrected chi connectivity index (χ2v) is 15.5. The molecule has 0 amide bonds. The van der Waals surface area contributed by atoms with E-state index in [0.29, 0.717) is 17.5 Å². The van der Waals surface area contributed by atoms with E-state index >= 15 is 0 Å². The largest absolute Gasteiger partial charge is 0.482 e. The summed E-state index contributed by atoms with van der Waals surface area (Å²) in [6.45, 7) is 10.5. The molecular formula is C34H47NO7. The topological polar surface area (TPSA) is 106 Å². The molecule has 4 bridgehead atoms. The van der Waals surface area contributed by atoms with Crippen LogP contribution in [0.1, 0.15) is 96.6 Å². The van der Waals surface area contributed by atoms with Gasteiger partial charge in [-0.2, -0.15) is 0 Å². The number of aliphatic carboxylic acids is 1. The summed E-state index contributed by atoms with van der Waals surface area (Å²) < 4.78 is 19.7. The molecule has 2 N–H and O–H groups in total. The van der Waals surface area contributed by atoms with Gasteiger partial charge in [0.25, 0.3) is 0 Å². The number of carboxylic acids is 1. The number of rotatable bonds is 9. The van der Waals surface area contributed by atoms with E-state index in [4.69, 9.17) is 19.3 Å². The van der Waals surface area contributed by atoms with Crippen molar-refractivity contribution < 1.29 is 34.0 Å². The average molecular weight is 582 g/mol. The van der Waals surface area contributed by atoms with E-state index < -0.39 is 23.1 Å². The molecule has 2 unspecified atom stereocenters. The fraction of sp³-hybridized carbons (Fsp3) is 0.765. The molecule has 7 atom stereocenters. The highest BCUT2D eigenvalue weighted by Gasteiger charge is 2.82. The smallest absolute Gasteiger partial charge is 0.311 e. The summed E-state index contributed by atoms with van der Waals surface area (Å²) in [5.41, 5.74) is 0.102. The minimum absolute atomic E-state index is 0.0397. The van der Waals surface area contributed by atoms with Gasteiger partial charge in [0, 0.05) is 54.8 Å². The van der Waals surface area contributed by atoms with Crippen molar-refractivity contribution in [3.05, 3.63) is 23.3 Å². The first-order valence-electron chi connectivity index (χ1n) is 16.1. The van der Waals surface area contributed by atoms with E-state index in [0.717, 1.165) is 51.1 Å². The third-order valence-corrected chi connectivity index (χ3v) is 12.8. The van der Waals surface area contributed by atoms with E-state index in [1.807, 2.05) is 13.0 Å². The molecule has 2 aliphatic heterocycles. The first-order valence-corrected chi connectivity index (χ1v) is 16.1. The lowest BCUT2D eigenvalue weighted by molar-refractivity contribution is -0.312. The minimum atomic E-state index is -0.995. The van der Waals surface area contributed by atoms with Crippen LogP contribution in [-0.4, -0.2) is 70.6 Å². The maximum atomic E-state index is 12.9. The van der Waals surface area contributed by atoms with Crippen LogP contribution in [0.3, 0.4) is 0 Å². The van der Waals surface area contributed by atoms with E-state index in [9.17, 15) is 14.7 Å². The highest BCUT2D eigenvalue weighted by Crippen LogP contribution is 2.78. The average Bonchev–Trinajstić information content (AvgIpc) is 3.67. The fourth-order valence-electron chi connectivity index (χ4n) is 10.2. The Kier molecular flexibility index (Phi) is 6.25. The Morgan fingerprint density at radius 3 is 2.55 bits per heavy atom. The third-order valence-electron chi connectivity index (χ3n) is 12.8. The predicted molar refractivity (Wildman–Crippen MR) is 156 cm³/mol. The van der Waals surface area contributed by atoms with Crippen molar-refractivity contribution in [1.82, 2.24) is 4.90 Å². The van der Waals surface area contributed by atoms with Gasteiger partial charge in [-0.1, -0.05) is 26.8 Å². The van der Waals surface area contributed by atoms with Gasteiger partial charge < -0.3 is 24.4 Å². The highest BCUT2D eigenvalue weighted by molar-refractivity contribution is 5.76. The molecule has 2 spiro atoms. The van der Waals surface area contributed by atoms with Crippen molar-refractivity contribution in [2.24, 2.45) is 22.7 Å². The van der Waals surface area contributed by atoms with Crippen molar-refractivity contribution in [2.45, 2.75) is 121 Å². The SMILES string of the molecule is COC12CC[C@@]3(C[C@@H]1[C@](C)(O)C(C)(C)C)[C@H]1Cc4ccc(OC(=O)CCCC(=O)O)c5c4[C@@]3(CCN1CC1CC1)C2O5. The molecule has 0 radical (unpaired) electrons. The number of benzene rings is 1. The predicted octanol–water partition coefficient (Wildman–Crippen LogP) is 4.87. The fourth-order valence-corrected chi connectivity index (χ4v) is 10.2. The Bertz CT molecular complexity index is 1310. The molecule has 8 nitrogen and oxygen atoms in total. The zero-order valence-electron chi connectivity index (χ0n) is 25.8. The number of hydrogen-bond donors (Lipinski definition) is 2. The molecule has 42 heavy (non-hydrogen) atoms. The molecule has 1 saturated heterocycles. The number of nitrogens with zero attached hydrogens (tertiary/aromatic N) is 1. The van der Waals surface area contributed by atoms with Crippen LogP contribution in [0.15, 0.2) is 12.1 Å². The molecule has 2 heterocycles. The van der Waals surface area contributed by atoms with Crippen molar-refractivity contribution in [2.75, 3.05) is 20.2 Å². The van der Waals surface area contributed by atoms with Crippen LogP contribution in [0.5, 0.6) is 11.5 Å². The number of carbonyl (C=O) groups is 2. The summed E-state index contributed by atoms with van der Waals surface area (Å²) in [5, 5.41) is 21.4. The Hall–Kier alpha value is -2.16. The van der Waals surface area contributed by atoms with Gasteiger partial charge in [0.15, 0.2) is 11.5 Å². The van der Waals surface area contributed by atoms with Gasteiger partial charge in [-0.05, 0) is 87.8 Å². The summed E-state index contributed by atoms with van der Waals surface area (Å²) in [5.74, 6) is 0.408. The van der Waals surface area contributed by atoms with E-state index in [1.165, 1.54) is 24.0 Å². The summed E-state index contributed by atoms with van der Waals surface area (Å²) in [4.78, 5) is 26.6. The molecule has 230 valence electrons.